The molecule has 0 aromatic heterocycles. The van der Waals surface area contributed by atoms with E-state index in [1.807, 2.05) is 37.3 Å². The summed E-state index contributed by atoms with van der Waals surface area (Å²) in [7, 11) is 0. The van der Waals surface area contributed by atoms with Gasteiger partial charge in [0.2, 0.25) is 5.91 Å². The van der Waals surface area contributed by atoms with Gasteiger partial charge in [-0.1, -0.05) is 30.3 Å². The maximum atomic E-state index is 11.3. The van der Waals surface area contributed by atoms with Crippen LogP contribution in [0, 0.1) is 0 Å². The first kappa shape index (κ1) is 21.1. The van der Waals surface area contributed by atoms with E-state index < -0.39 is 36.5 Å². The molecule has 1 heterocycles. The molecule has 7 atom stereocenters. The molecule has 8 heteroatoms. The lowest BCUT2D eigenvalue weighted by molar-refractivity contribution is -0.205. The monoisotopic (exact) mass is 385 g/mol. The SMILES string of the molecule is CC(=O)NC(C)CC(S[C@@H]1O[C@H](CO)[C@H](O)[C@H](O)[C@H]1O)c1ccccc1. The fourth-order valence-electron chi connectivity index (χ4n) is 3.01. The van der Waals surface area contributed by atoms with Crippen molar-refractivity contribution in [1.29, 1.82) is 0 Å². The molecule has 1 saturated heterocycles. The largest absolute Gasteiger partial charge is 0.394 e. The van der Waals surface area contributed by atoms with Crippen LogP contribution in [0.5, 0.6) is 0 Å². The lowest BCUT2D eigenvalue weighted by Crippen LogP contribution is -2.57. The maximum absolute atomic E-state index is 11.3. The second-order valence-corrected chi connectivity index (χ2v) is 7.88. The molecule has 1 aliphatic rings. The van der Waals surface area contributed by atoms with Crippen LogP contribution < -0.4 is 5.32 Å². The number of ether oxygens (including phenoxy) is 1. The number of benzene rings is 1. The standard InChI is InChI=1S/C18H27NO6S/c1-10(19-11(2)21)8-14(12-6-4-3-5-7-12)26-18-17(24)16(23)15(22)13(9-20)25-18/h3-7,10,13-18,20,22-24H,8-9H2,1-2H3,(H,19,21)/t10?,13-,14?,15+,16+,17-,18+/m1/s1. The predicted molar refractivity (Wildman–Crippen MR) is 98.4 cm³/mol. The summed E-state index contributed by atoms with van der Waals surface area (Å²) in [6, 6.07) is 9.49. The average Bonchev–Trinajstić information content (AvgIpc) is 2.61. The Kier molecular flexibility index (Phi) is 7.87. The number of hydrogen-bond donors (Lipinski definition) is 5. The summed E-state index contributed by atoms with van der Waals surface area (Å²) >= 11 is 1.30. The van der Waals surface area contributed by atoms with E-state index >= 15 is 0 Å². The fourth-order valence-corrected chi connectivity index (χ4v) is 4.57. The second-order valence-electron chi connectivity index (χ2n) is 6.57. The third-order valence-corrected chi connectivity index (χ3v) is 5.79. The van der Waals surface area contributed by atoms with Crippen LogP contribution in [-0.4, -0.2) is 68.8 Å². The van der Waals surface area contributed by atoms with E-state index in [-0.39, 0.29) is 17.2 Å². The van der Waals surface area contributed by atoms with E-state index in [2.05, 4.69) is 5.32 Å². The van der Waals surface area contributed by atoms with Crippen LogP contribution in [-0.2, 0) is 9.53 Å². The summed E-state index contributed by atoms with van der Waals surface area (Å²) in [5, 5.41) is 42.3. The number of rotatable bonds is 7. The number of aliphatic hydroxyl groups is 4. The van der Waals surface area contributed by atoms with E-state index in [0.717, 1.165) is 5.56 Å². The Labute approximate surface area is 157 Å². The van der Waals surface area contributed by atoms with Gasteiger partial charge in [-0.3, -0.25) is 4.79 Å². The predicted octanol–water partition coefficient (Wildman–Crippen LogP) is 0.175. The van der Waals surface area contributed by atoms with Crippen LogP contribution >= 0.6 is 11.8 Å². The number of hydrogen-bond acceptors (Lipinski definition) is 7. The highest BCUT2D eigenvalue weighted by Gasteiger charge is 2.44. The lowest BCUT2D eigenvalue weighted by Gasteiger charge is -2.41. The summed E-state index contributed by atoms with van der Waals surface area (Å²) in [5.41, 5.74) is 0.173. The van der Waals surface area contributed by atoms with Crippen LogP contribution in [0.15, 0.2) is 30.3 Å². The molecule has 1 aromatic rings. The highest BCUT2D eigenvalue weighted by Crippen LogP contribution is 2.40. The summed E-state index contributed by atoms with van der Waals surface area (Å²) in [5.74, 6) is -0.123. The normalized spacial score (nSPS) is 31.2. The molecule has 0 radical (unpaired) electrons. The minimum absolute atomic E-state index is 0.102. The summed E-state index contributed by atoms with van der Waals surface area (Å²) in [4.78, 5) is 11.3. The van der Waals surface area contributed by atoms with Crippen molar-refractivity contribution in [3.63, 3.8) is 0 Å². The van der Waals surface area contributed by atoms with Gasteiger partial charge in [0, 0.05) is 18.2 Å². The van der Waals surface area contributed by atoms with Crippen LogP contribution in [0.25, 0.3) is 0 Å². The zero-order valence-electron chi connectivity index (χ0n) is 14.9. The minimum atomic E-state index is -1.40. The molecule has 0 spiro atoms. The zero-order valence-corrected chi connectivity index (χ0v) is 15.7. The van der Waals surface area contributed by atoms with Gasteiger partial charge in [-0.2, -0.15) is 0 Å². The molecule has 1 aromatic carbocycles. The quantitative estimate of drug-likeness (QED) is 0.454. The molecule has 7 nitrogen and oxygen atoms in total. The number of carbonyl (C=O) groups excluding carboxylic acids is 1. The maximum Gasteiger partial charge on any atom is 0.217 e. The number of nitrogens with one attached hydrogen (secondary N) is 1. The second kappa shape index (κ2) is 9.68. The molecule has 0 saturated carbocycles. The molecule has 2 rings (SSSR count). The van der Waals surface area contributed by atoms with Gasteiger partial charge >= 0.3 is 0 Å². The number of thioether (sulfide) groups is 1. The van der Waals surface area contributed by atoms with Crippen molar-refractivity contribution in [3.8, 4) is 0 Å². The van der Waals surface area contributed by atoms with Gasteiger partial charge in [-0.25, -0.2) is 0 Å². The van der Waals surface area contributed by atoms with Crippen molar-refractivity contribution in [1.82, 2.24) is 5.32 Å². The highest BCUT2D eigenvalue weighted by molar-refractivity contribution is 8.00. The summed E-state index contributed by atoms with van der Waals surface area (Å²) < 4.78 is 5.61. The Balaban J connectivity index is 2.16. The molecule has 2 unspecified atom stereocenters. The third-order valence-electron chi connectivity index (χ3n) is 4.34. The number of aliphatic hydroxyl groups excluding tert-OH is 4. The zero-order chi connectivity index (χ0) is 19.3. The van der Waals surface area contributed by atoms with Gasteiger partial charge in [-0.15, -0.1) is 11.8 Å². The van der Waals surface area contributed by atoms with Gasteiger partial charge in [-0.05, 0) is 18.9 Å². The van der Waals surface area contributed by atoms with Crippen LogP contribution in [0.1, 0.15) is 31.1 Å². The molecule has 5 N–H and O–H groups in total. The Hall–Kier alpha value is -1.16. The molecular formula is C18H27NO6S. The summed E-state index contributed by atoms with van der Waals surface area (Å²) in [6.07, 6.45) is -4.42. The molecule has 0 aliphatic carbocycles. The molecule has 146 valence electrons. The first-order valence-corrected chi connectivity index (χ1v) is 9.55. The lowest BCUT2D eigenvalue weighted by atomic mass is 10.0. The van der Waals surface area contributed by atoms with E-state index in [4.69, 9.17) is 4.74 Å². The van der Waals surface area contributed by atoms with Crippen LogP contribution in [0.2, 0.25) is 0 Å². The van der Waals surface area contributed by atoms with E-state index in [9.17, 15) is 25.2 Å². The van der Waals surface area contributed by atoms with Crippen molar-refractivity contribution in [2.24, 2.45) is 0 Å². The molecule has 0 bridgehead atoms. The Bertz CT molecular complexity index is 572. The Morgan fingerprint density at radius 3 is 2.42 bits per heavy atom. The Morgan fingerprint density at radius 1 is 1.19 bits per heavy atom. The van der Waals surface area contributed by atoms with Gasteiger partial charge in [0.05, 0.1) is 6.61 Å². The first-order valence-electron chi connectivity index (χ1n) is 8.61. The average molecular weight is 385 g/mol. The van der Waals surface area contributed by atoms with Crippen molar-refractivity contribution in [2.45, 2.75) is 61.4 Å². The molecular weight excluding hydrogens is 358 g/mol. The van der Waals surface area contributed by atoms with Crippen molar-refractivity contribution >= 4 is 17.7 Å². The first-order chi connectivity index (χ1) is 12.3. The van der Waals surface area contributed by atoms with Gasteiger partial charge in [0.25, 0.3) is 0 Å². The number of amides is 1. The van der Waals surface area contributed by atoms with E-state index in [1.165, 1.54) is 18.7 Å². The van der Waals surface area contributed by atoms with Crippen molar-refractivity contribution in [3.05, 3.63) is 35.9 Å². The van der Waals surface area contributed by atoms with Crippen LogP contribution in [0.4, 0.5) is 0 Å². The van der Waals surface area contributed by atoms with Crippen molar-refractivity contribution < 1.29 is 30.0 Å². The van der Waals surface area contributed by atoms with Gasteiger partial charge < -0.3 is 30.5 Å². The number of carbonyl (C=O) groups is 1. The molecule has 26 heavy (non-hydrogen) atoms. The van der Waals surface area contributed by atoms with Crippen LogP contribution in [0.3, 0.4) is 0 Å². The topological polar surface area (TPSA) is 119 Å². The smallest absolute Gasteiger partial charge is 0.217 e. The van der Waals surface area contributed by atoms with Gasteiger partial charge in [0.15, 0.2) is 0 Å². The van der Waals surface area contributed by atoms with Gasteiger partial charge in [0.1, 0.15) is 29.9 Å². The summed E-state index contributed by atoms with van der Waals surface area (Å²) in [6.45, 7) is 2.89. The van der Waals surface area contributed by atoms with E-state index in [0.29, 0.717) is 6.42 Å². The Morgan fingerprint density at radius 2 is 1.85 bits per heavy atom. The molecule has 1 fully saturated rings. The minimum Gasteiger partial charge on any atom is -0.394 e. The highest BCUT2D eigenvalue weighted by atomic mass is 32.2. The molecule has 1 aliphatic heterocycles. The fraction of sp³-hybridized carbons (Fsp3) is 0.611. The molecule has 1 amide bonds. The third kappa shape index (κ3) is 5.42. The van der Waals surface area contributed by atoms with Crippen molar-refractivity contribution in [2.75, 3.05) is 6.61 Å². The van der Waals surface area contributed by atoms with E-state index in [1.54, 1.807) is 0 Å².